The maximum atomic E-state index is 13.4. The molecule has 0 aliphatic carbocycles. The van der Waals surface area contributed by atoms with E-state index in [-0.39, 0.29) is 61.6 Å². The van der Waals surface area contributed by atoms with Gasteiger partial charge in [-0.05, 0) is 85.1 Å². The number of azo groups is 2. The minimum atomic E-state index is -1.65. The summed E-state index contributed by atoms with van der Waals surface area (Å²) in [4.78, 5) is 78.8. The number of nitrogens with one attached hydrogen (secondary N) is 4. The lowest BCUT2D eigenvalue weighted by atomic mass is 10.1. The normalized spacial score (nSPS) is 12.0. The molecule has 0 aliphatic heterocycles. The summed E-state index contributed by atoms with van der Waals surface area (Å²) in [5, 5.41) is 26.5. The Bertz CT molecular complexity index is 2710. The van der Waals surface area contributed by atoms with E-state index in [1.165, 1.54) is 68.8 Å². The molecular formula is C45H39Cl5N8O8. The molecule has 342 valence electrons. The number of nitrogens with zero attached hydrogens (tertiary/aromatic N) is 4. The number of carbonyl (C=O) groups is 6. The number of anilines is 4. The summed E-state index contributed by atoms with van der Waals surface area (Å²) in [7, 11) is 2.89. The average molecular weight is 997 g/mol. The van der Waals surface area contributed by atoms with Crippen LogP contribution in [0.4, 0.5) is 34.1 Å². The summed E-state index contributed by atoms with van der Waals surface area (Å²) in [6, 6.07) is 20.0. The largest absolute Gasteiger partial charge is 0.495 e. The molecule has 0 heterocycles. The van der Waals surface area contributed by atoms with Crippen molar-refractivity contribution in [1.82, 2.24) is 0 Å². The van der Waals surface area contributed by atoms with Gasteiger partial charge in [-0.15, -0.1) is 34.8 Å². The summed E-state index contributed by atoms with van der Waals surface area (Å²) in [5.41, 5.74) is 2.60. The van der Waals surface area contributed by atoms with E-state index in [4.69, 9.17) is 67.5 Å². The number of para-hydroxylation sites is 2. The highest BCUT2D eigenvalue weighted by Crippen LogP contribution is 2.35. The number of alkyl halides is 3. The van der Waals surface area contributed by atoms with Gasteiger partial charge in [0.2, 0.25) is 12.1 Å². The van der Waals surface area contributed by atoms with Crippen molar-refractivity contribution < 1.29 is 38.2 Å². The summed E-state index contributed by atoms with van der Waals surface area (Å²) in [6.45, 7) is 2.29. The number of Topliss-reactive ketones (excluding diaryl/α,β-unsaturated/α-hetero) is 2. The molecule has 2 atom stereocenters. The van der Waals surface area contributed by atoms with E-state index < -0.39 is 47.3 Å². The van der Waals surface area contributed by atoms with Crippen LogP contribution < -0.4 is 30.7 Å². The van der Waals surface area contributed by atoms with Crippen molar-refractivity contribution in [3.8, 4) is 11.5 Å². The number of ether oxygens (including phenoxy) is 2. The Kier molecular flexibility index (Phi) is 18.1. The second-order valence-electron chi connectivity index (χ2n) is 13.9. The lowest BCUT2D eigenvalue weighted by Gasteiger charge is -2.15. The second kappa shape index (κ2) is 23.7. The highest BCUT2D eigenvalue weighted by molar-refractivity contribution is 6.37. The van der Waals surface area contributed by atoms with Crippen LogP contribution in [0.5, 0.6) is 11.5 Å². The highest BCUT2D eigenvalue weighted by Gasteiger charge is 2.27. The number of rotatable bonds is 19. The second-order valence-corrected chi connectivity index (χ2v) is 15.4. The fourth-order valence-electron chi connectivity index (χ4n) is 6.10. The molecule has 0 saturated carbocycles. The number of carbonyl (C=O) groups excluding carboxylic acids is 6. The average Bonchev–Trinajstić information content (AvgIpc) is 3.30. The minimum Gasteiger partial charge on any atom is -0.495 e. The molecule has 4 amide bonds. The molecule has 5 rings (SSSR count). The van der Waals surface area contributed by atoms with Crippen LogP contribution in [0, 0.1) is 0 Å². The van der Waals surface area contributed by atoms with Crippen LogP contribution in [0.2, 0.25) is 10.0 Å². The van der Waals surface area contributed by atoms with E-state index in [0.717, 1.165) is 13.8 Å². The zero-order chi connectivity index (χ0) is 48.1. The van der Waals surface area contributed by atoms with E-state index in [1.54, 1.807) is 36.4 Å². The molecule has 0 aromatic heterocycles. The Hall–Kier alpha value is -6.43. The number of ketones is 2. The SMILES string of the molecule is COc1cccc(CCl)c1NC(=O)c1cccc(N=NC(C(C)=O)C(=O)Nc2ccc(NC(=O)C(N=Nc3cccc(C(=O)Nc4c(CCl)cccc4OC)c3Cl)C(C)=O)c(CCl)c2)c1Cl. The molecule has 66 heavy (non-hydrogen) atoms. The Morgan fingerprint density at radius 1 is 0.545 bits per heavy atom. The van der Waals surface area contributed by atoms with Crippen LogP contribution in [0.3, 0.4) is 0 Å². The number of hydrogen-bond donors (Lipinski definition) is 4. The minimum absolute atomic E-state index is 0.000360. The first-order chi connectivity index (χ1) is 31.6. The molecule has 5 aromatic carbocycles. The zero-order valence-corrected chi connectivity index (χ0v) is 39.2. The molecule has 2 unspecified atom stereocenters. The third-order valence-corrected chi connectivity index (χ3v) is 11.1. The highest BCUT2D eigenvalue weighted by atomic mass is 35.5. The van der Waals surface area contributed by atoms with Gasteiger partial charge in [-0.2, -0.15) is 20.5 Å². The van der Waals surface area contributed by atoms with E-state index >= 15 is 0 Å². The van der Waals surface area contributed by atoms with E-state index in [0.29, 0.717) is 39.6 Å². The van der Waals surface area contributed by atoms with Crippen LogP contribution in [-0.2, 0) is 36.8 Å². The Labute approximate surface area is 403 Å². The van der Waals surface area contributed by atoms with Gasteiger partial charge in [-0.3, -0.25) is 28.8 Å². The van der Waals surface area contributed by atoms with Crippen molar-refractivity contribution in [2.75, 3.05) is 35.5 Å². The van der Waals surface area contributed by atoms with Gasteiger partial charge in [0.15, 0.2) is 11.6 Å². The van der Waals surface area contributed by atoms with Gasteiger partial charge in [-0.25, -0.2) is 0 Å². The monoisotopic (exact) mass is 994 g/mol. The fourth-order valence-corrected chi connectivity index (χ4v) is 7.26. The topological polar surface area (TPSA) is 218 Å². The molecule has 4 N–H and O–H groups in total. The summed E-state index contributed by atoms with van der Waals surface area (Å²) < 4.78 is 10.7. The first-order valence-corrected chi connectivity index (χ1v) is 21.8. The standard InChI is InChI=1S/C45H39Cl5N8O8/c1-23(59)38(57-55-32-13-7-11-29(36(32)49)42(61)53-40-25(20-46)9-5-15-34(40)65-3)44(63)51-28-17-18-31(27(19-28)22-48)52-45(64)39(24(2)60)58-56-33-14-8-12-30(37(33)50)43(62)54-41-26(21-47)10-6-16-35(41)66-4/h5-19,38-39H,20-22H2,1-4H3,(H,51,63)(H,52,64)(H,53,61)(H,54,62). The Balaban J connectivity index is 1.28. The third-order valence-electron chi connectivity index (χ3n) is 9.48. The maximum absolute atomic E-state index is 13.4. The van der Waals surface area contributed by atoms with Crippen molar-refractivity contribution in [1.29, 1.82) is 0 Å². The smallest absolute Gasteiger partial charge is 0.258 e. The van der Waals surface area contributed by atoms with Crippen molar-refractivity contribution in [3.63, 3.8) is 0 Å². The van der Waals surface area contributed by atoms with Gasteiger partial charge in [0.25, 0.3) is 23.6 Å². The lowest BCUT2D eigenvalue weighted by Crippen LogP contribution is -2.32. The predicted octanol–water partition coefficient (Wildman–Crippen LogP) is 11.1. The number of amides is 4. The van der Waals surface area contributed by atoms with E-state index in [1.807, 2.05) is 0 Å². The number of benzene rings is 5. The molecule has 16 nitrogen and oxygen atoms in total. The number of halogens is 5. The van der Waals surface area contributed by atoms with Gasteiger partial charge < -0.3 is 30.7 Å². The molecule has 0 radical (unpaired) electrons. The van der Waals surface area contributed by atoms with Crippen molar-refractivity contribution in [3.05, 3.63) is 129 Å². The van der Waals surface area contributed by atoms with Gasteiger partial charge in [0.1, 0.15) is 22.9 Å². The van der Waals surface area contributed by atoms with Crippen LogP contribution >= 0.6 is 58.0 Å². The lowest BCUT2D eigenvalue weighted by molar-refractivity contribution is -0.127. The summed E-state index contributed by atoms with van der Waals surface area (Å²) in [6.07, 6.45) is 0. The first kappa shape index (κ1) is 50.6. The quantitative estimate of drug-likeness (QED) is 0.0353. The van der Waals surface area contributed by atoms with Crippen LogP contribution in [-0.4, -0.2) is 61.5 Å². The van der Waals surface area contributed by atoms with Crippen LogP contribution in [0.1, 0.15) is 51.3 Å². The third kappa shape index (κ3) is 12.3. The van der Waals surface area contributed by atoms with Crippen LogP contribution in [0.15, 0.2) is 111 Å². The molecule has 0 fully saturated rings. The Morgan fingerprint density at radius 3 is 1.38 bits per heavy atom. The van der Waals surface area contributed by atoms with Gasteiger partial charge in [0, 0.05) is 29.0 Å². The predicted molar refractivity (Wildman–Crippen MR) is 255 cm³/mol. The van der Waals surface area contributed by atoms with Gasteiger partial charge >= 0.3 is 0 Å². The molecule has 0 bridgehead atoms. The van der Waals surface area contributed by atoms with E-state index in [2.05, 4.69) is 41.7 Å². The van der Waals surface area contributed by atoms with Gasteiger partial charge in [-0.1, -0.05) is 59.6 Å². The zero-order valence-electron chi connectivity index (χ0n) is 35.4. The van der Waals surface area contributed by atoms with Crippen molar-refractivity contribution in [2.45, 2.75) is 43.6 Å². The molecule has 0 spiro atoms. The fraction of sp³-hybridized carbons (Fsp3) is 0.200. The Morgan fingerprint density at radius 2 is 0.970 bits per heavy atom. The van der Waals surface area contributed by atoms with Crippen LogP contribution in [0.25, 0.3) is 0 Å². The van der Waals surface area contributed by atoms with Crippen molar-refractivity contribution >= 4 is 127 Å². The molecule has 5 aromatic rings. The molecule has 0 aliphatic rings. The molecular weight excluding hydrogens is 958 g/mol. The maximum Gasteiger partial charge on any atom is 0.258 e. The molecule has 0 saturated heterocycles. The summed E-state index contributed by atoms with van der Waals surface area (Å²) in [5.74, 6) is -3.51. The number of hydrogen-bond acceptors (Lipinski definition) is 12. The number of methoxy groups -OCH3 is 2. The first-order valence-electron chi connectivity index (χ1n) is 19.4. The van der Waals surface area contributed by atoms with Crippen molar-refractivity contribution in [2.24, 2.45) is 20.5 Å². The van der Waals surface area contributed by atoms with E-state index in [9.17, 15) is 28.8 Å². The summed E-state index contributed by atoms with van der Waals surface area (Å²) >= 11 is 31.5. The van der Waals surface area contributed by atoms with Gasteiger partial charge in [0.05, 0.1) is 46.8 Å². The molecule has 21 heteroatoms.